The SMILES string of the molecule is CN(C)CCN1CCN(c2ccc(Cl)cc2C(=N)N)CC1. The molecule has 0 bridgehead atoms. The Labute approximate surface area is 131 Å². The van der Waals surface area contributed by atoms with Gasteiger partial charge in [-0.25, -0.2) is 0 Å². The largest absolute Gasteiger partial charge is 0.384 e. The summed E-state index contributed by atoms with van der Waals surface area (Å²) >= 11 is 6.01. The third-order valence-corrected chi connectivity index (χ3v) is 4.06. The highest BCUT2D eigenvalue weighted by Crippen LogP contribution is 2.25. The van der Waals surface area contributed by atoms with Crippen LogP contribution in [-0.4, -0.2) is 69.0 Å². The van der Waals surface area contributed by atoms with Gasteiger partial charge in [-0.1, -0.05) is 11.6 Å². The minimum absolute atomic E-state index is 0.0718. The van der Waals surface area contributed by atoms with Gasteiger partial charge in [0.1, 0.15) is 5.84 Å². The van der Waals surface area contributed by atoms with Crippen molar-refractivity contribution >= 4 is 23.1 Å². The van der Waals surface area contributed by atoms with E-state index in [0.29, 0.717) is 5.02 Å². The second kappa shape index (κ2) is 7.11. The first kappa shape index (κ1) is 16.1. The quantitative estimate of drug-likeness (QED) is 0.636. The molecule has 0 spiro atoms. The fourth-order valence-electron chi connectivity index (χ4n) is 2.55. The van der Waals surface area contributed by atoms with Gasteiger partial charge in [-0.3, -0.25) is 10.3 Å². The third-order valence-electron chi connectivity index (χ3n) is 3.83. The van der Waals surface area contributed by atoms with Crippen LogP contribution in [0.5, 0.6) is 0 Å². The molecular formula is C15H24ClN5. The number of piperazine rings is 1. The lowest BCUT2D eigenvalue weighted by Crippen LogP contribution is -2.48. The first-order valence-corrected chi connectivity index (χ1v) is 7.61. The number of rotatable bonds is 5. The van der Waals surface area contributed by atoms with Gasteiger partial charge in [0.15, 0.2) is 0 Å². The van der Waals surface area contributed by atoms with Crippen molar-refractivity contribution in [2.75, 3.05) is 58.3 Å². The van der Waals surface area contributed by atoms with Crippen LogP contribution >= 0.6 is 11.6 Å². The van der Waals surface area contributed by atoms with Crippen LogP contribution in [0.2, 0.25) is 5.02 Å². The number of anilines is 1. The maximum Gasteiger partial charge on any atom is 0.124 e. The predicted octanol–water partition coefficient (Wildman–Crippen LogP) is 1.31. The molecule has 1 aliphatic heterocycles. The van der Waals surface area contributed by atoms with Gasteiger partial charge in [0.05, 0.1) is 0 Å². The van der Waals surface area contributed by atoms with Crippen molar-refractivity contribution in [1.82, 2.24) is 9.80 Å². The minimum atomic E-state index is 0.0718. The van der Waals surface area contributed by atoms with E-state index in [0.717, 1.165) is 50.5 Å². The summed E-state index contributed by atoms with van der Waals surface area (Å²) in [7, 11) is 4.20. The number of hydrogen-bond acceptors (Lipinski definition) is 4. The summed E-state index contributed by atoms with van der Waals surface area (Å²) in [5.74, 6) is 0.0718. The molecule has 1 fully saturated rings. The van der Waals surface area contributed by atoms with E-state index >= 15 is 0 Å². The Bertz CT molecular complexity index is 495. The summed E-state index contributed by atoms with van der Waals surface area (Å²) in [6.07, 6.45) is 0. The van der Waals surface area contributed by atoms with E-state index in [4.69, 9.17) is 22.7 Å². The van der Waals surface area contributed by atoms with Crippen molar-refractivity contribution < 1.29 is 0 Å². The lowest BCUT2D eigenvalue weighted by atomic mass is 10.1. The normalized spacial score (nSPS) is 16.5. The van der Waals surface area contributed by atoms with Crippen LogP contribution in [0, 0.1) is 5.41 Å². The van der Waals surface area contributed by atoms with Gasteiger partial charge in [-0.05, 0) is 32.3 Å². The Kier molecular flexibility index (Phi) is 5.45. The molecule has 1 aromatic rings. The zero-order valence-electron chi connectivity index (χ0n) is 12.8. The number of benzene rings is 1. The number of hydrogen-bond donors (Lipinski definition) is 2. The molecule has 1 saturated heterocycles. The van der Waals surface area contributed by atoms with Crippen LogP contribution in [-0.2, 0) is 0 Å². The molecule has 0 radical (unpaired) electrons. The summed E-state index contributed by atoms with van der Waals surface area (Å²) in [6.45, 7) is 6.16. The highest BCUT2D eigenvalue weighted by molar-refractivity contribution is 6.31. The number of nitrogen functional groups attached to an aromatic ring is 1. The monoisotopic (exact) mass is 309 g/mol. The lowest BCUT2D eigenvalue weighted by Gasteiger charge is -2.37. The first-order chi connectivity index (χ1) is 9.97. The van der Waals surface area contributed by atoms with Gasteiger partial charge in [0.2, 0.25) is 0 Å². The van der Waals surface area contributed by atoms with Gasteiger partial charge < -0.3 is 15.5 Å². The maximum absolute atomic E-state index is 7.72. The molecule has 1 aliphatic rings. The van der Waals surface area contributed by atoms with Crippen molar-refractivity contribution in [3.05, 3.63) is 28.8 Å². The van der Waals surface area contributed by atoms with Crippen molar-refractivity contribution in [2.45, 2.75) is 0 Å². The Morgan fingerprint density at radius 3 is 2.52 bits per heavy atom. The third kappa shape index (κ3) is 4.33. The number of halogens is 1. The van der Waals surface area contributed by atoms with Crippen molar-refractivity contribution in [3.63, 3.8) is 0 Å². The van der Waals surface area contributed by atoms with Crippen LogP contribution in [0.25, 0.3) is 0 Å². The van der Waals surface area contributed by atoms with Gasteiger partial charge in [-0.15, -0.1) is 0 Å². The Balaban J connectivity index is 2.01. The number of nitrogens with two attached hydrogens (primary N) is 1. The average Bonchev–Trinajstić information content (AvgIpc) is 2.45. The zero-order chi connectivity index (χ0) is 15.4. The molecule has 0 amide bonds. The van der Waals surface area contributed by atoms with E-state index in [1.165, 1.54) is 0 Å². The standard InChI is InChI=1S/C15H24ClN5/c1-19(2)5-6-20-7-9-21(10-8-20)14-4-3-12(16)11-13(14)15(17)18/h3-4,11H,5-10H2,1-2H3,(H3,17,18). The predicted molar refractivity (Wildman–Crippen MR) is 89.7 cm³/mol. The highest BCUT2D eigenvalue weighted by Gasteiger charge is 2.20. The molecule has 21 heavy (non-hydrogen) atoms. The fraction of sp³-hybridized carbons (Fsp3) is 0.533. The molecule has 0 unspecified atom stereocenters. The van der Waals surface area contributed by atoms with Gasteiger partial charge >= 0.3 is 0 Å². The van der Waals surface area contributed by atoms with Gasteiger partial charge in [0, 0.05) is 55.5 Å². The highest BCUT2D eigenvalue weighted by atomic mass is 35.5. The zero-order valence-corrected chi connectivity index (χ0v) is 13.5. The van der Waals surface area contributed by atoms with E-state index < -0.39 is 0 Å². The van der Waals surface area contributed by atoms with E-state index in [1.54, 1.807) is 6.07 Å². The van der Waals surface area contributed by atoms with Crippen molar-refractivity contribution in [2.24, 2.45) is 5.73 Å². The molecule has 2 rings (SSSR count). The van der Waals surface area contributed by atoms with E-state index in [2.05, 4.69) is 28.8 Å². The fourth-order valence-corrected chi connectivity index (χ4v) is 2.73. The molecule has 0 atom stereocenters. The molecule has 0 aliphatic carbocycles. The maximum atomic E-state index is 7.72. The molecule has 0 saturated carbocycles. The van der Waals surface area contributed by atoms with E-state index in [-0.39, 0.29) is 5.84 Å². The number of nitrogens with one attached hydrogen (secondary N) is 1. The minimum Gasteiger partial charge on any atom is -0.384 e. The van der Waals surface area contributed by atoms with Crippen LogP contribution in [0.4, 0.5) is 5.69 Å². The summed E-state index contributed by atoms with van der Waals surface area (Å²) in [6, 6.07) is 5.61. The lowest BCUT2D eigenvalue weighted by molar-refractivity contribution is 0.229. The van der Waals surface area contributed by atoms with E-state index in [1.807, 2.05) is 12.1 Å². The number of likely N-dealkylation sites (N-methyl/N-ethyl adjacent to an activating group) is 1. The average molecular weight is 310 g/mol. The second-order valence-corrected chi connectivity index (χ2v) is 6.14. The molecular weight excluding hydrogens is 286 g/mol. The summed E-state index contributed by atoms with van der Waals surface area (Å²) in [4.78, 5) is 6.97. The Morgan fingerprint density at radius 2 is 1.95 bits per heavy atom. The first-order valence-electron chi connectivity index (χ1n) is 7.23. The molecule has 1 aromatic carbocycles. The Morgan fingerprint density at radius 1 is 1.29 bits per heavy atom. The second-order valence-electron chi connectivity index (χ2n) is 5.71. The summed E-state index contributed by atoms with van der Waals surface area (Å²) < 4.78 is 0. The Hall–Kier alpha value is -1.30. The topological polar surface area (TPSA) is 59.6 Å². The molecule has 0 aromatic heterocycles. The summed E-state index contributed by atoms with van der Waals surface area (Å²) in [5, 5.41) is 8.34. The molecule has 6 heteroatoms. The van der Waals surface area contributed by atoms with Crippen LogP contribution < -0.4 is 10.6 Å². The van der Waals surface area contributed by atoms with Gasteiger partial charge in [0.25, 0.3) is 0 Å². The van der Waals surface area contributed by atoms with Gasteiger partial charge in [-0.2, -0.15) is 0 Å². The van der Waals surface area contributed by atoms with Crippen molar-refractivity contribution in [3.8, 4) is 0 Å². The van der Waals surface area contributed by atoms with Crippen LogP contribution in [0.3, 0.4) is 0 Å². The van der Waals surface area contributed by atoms with Crippen LogP contribution in [0.15, 0.2) is 18.2 Å². The van der Waals surface area contributed by atoms with Crippen LogP contribution in [0.1, 0.15) is 5.56 Å². The molecule has 116 valence electrons. The number of amidine groups is 1. The molecule has 5 nitrogen and oxygen atoms in total. The molecule has 3 N–H and O–H groups in total. The smallest absolute Gasteiger partial charge is 0.124 e. The summed E-state index contributed by atoms with van der Waals surface area (Å²) in [5.41, 5.74) is 7.42. The van der Waals surface area contributed by atoms with Crippen molar-refractivity contribution in [1.29, 1.82) is 5.41 Å². The van der Waals surface area contributed by atoms with E-state index in [9.17, 15) is 0 Å². The molecule has 1 heterocycles. The number of nitrogens with zero attached hydrogens (tertiary/aromatic N) is 3.